The molecule has 1 heterocycles. The van der Waals surface area contributed by atoms with Gasteiger partial charge in [-0.15, -0.1) is 12.6 Å². The summed E-state index contributed by atoms with van der Waals surface area (Å²) in [6, 6.07) is 7.78. The molecule has 0 saturated heterocycles. The lowest BCUT2D eigenvalue weighted by Gasteiger charge is -2.16. The van der Waals surface area contributed by atoms with Crippen LogP contribution in [0, 0.1) is 12.7 Å². The number of nitrogens with zero attached hydrogens (tertiary/aromatic N) is 1. The summed E-state index contributed by atoms with van der Waals surface area (Å²) in [5.41, 5.74) is 0.0123. The zero-order chi connectivity index (χ0) is 14.0. The SMILES string of the molecule is Cc1ccc(CN(C)C(=O)c2cc(S)ccc2F)o1. The van der Waals surface area contributed by atoms with Crippen LogP contribution in [0.15, 0.2) is 39.6 Å². The molecule has 0 fully saturated rings. The van der Waals surface area contributed by atoms with Gasteiger partial charge in [-0.05, 0) is 37.3 Å². The van der Waals surface area contributed by atoms with Crippen molar-refractivity contribution in [2.75, 3.05) is 7.05 Å². The number of hydrogen-bond acceptors (Lipinski definition) is 3. The van der Waals surface area contributed by atoms with E-state index in [2.05, 4.69) is 12.6 Å². The molecule has 0 aliphatic heterocycles. The molecule has 0 unspecified atom stereocenters. The first-order valence-electron chi connectivity index (χ1n) is 5.76. The molecule has 2 aromatic rings. The van der Waals surface area contributed by atoms with Gasteiger partial charge in [0, 0.05) is 11.9 Å². The molecule has 0 radical (unpaired) electrons. The van der Waals surface area contributed by atoms with Gasteiger partial charge in [0.2, 0.25) is 0 Å². The Hall–Kier alpha value is -1.75. The maximum atomic E-state index is 13.6. The van der Waals surface area contributed by atoms with Gasteiger partial charge in [-0.2, -0.15) is 0 Å². The summed E-state index contributed by atoms with van der Waals surface area (Å²) in [6.07, 6.45) is 0. The summed E-state index contributed by atoms with van der Waals surface area (Å²) < 4.78 is 19.0. The van der Waals surface area contributed by atoms with E-state index in [1.54, 1.807) is 13.1 Å². The van der Waals surface area contributed by atoms with Crippen LogP contribution in [0.1, 0.15) is 21.9 Å². The summed E-state index contributed by atoms with van der Waals surface area (Å²) in [5.74, 6) is 0.489. The minimum Gasteiger partial charge on any atom is -0.464 e. The van der Waals surface area contributed by atoms with E-state index in [0.29, 0.717) is 17.2 Å². The van der Waals surface area contributed by atoms with Crippen LogP contribution in [0.4, 0.5) is 4.39 Å². The van der Waals surface area contributed by atoms with Crippen LogP contribution < -0.4 is 0 Å². The average Bonchev–Trinajstić information content (AvgIpc) is 2.77. The fourth-order valence-electron chi connectivity index (χ4n) is 1.76. The molecule has 0 atom stereocenters. The number of furan rings is 1. The summed E-state index contributed by atoms with van der Waals surface area (Å²) in [5, 5.41) is 0. The predicted molar refractivity (Wildman–Crippen MR) is 72.9 cm³/mol. The maximum absolute atomic E-state index is 13.6. The van der Waals surface area contributed by atoms with Crippen LogP contribution in [0.5, 0.6) is 0 Å². The van der Waals surface area contributed by atoms with E-state index in [4.69, 9.17) is 4.42 Å². The Morgan fingerprint density at radius 1 is 1.37 bits per heavy atom. The van der Waals surface area contributed by atoms with Crippen molar-refractivity contribution in [3.63, 3.8) is 0 Å². The van der Waals surface area contributed by atoms with Crippen LogP contribution in [-0.2, 0) is 6.54 Å². The fraction of sp³-hybridized carbons (Fsp3) is 0.214. The highest BCUT2D eigenvalue weighted by atomic mass is 32.1. The monoisotopic (exact) mass is 279 g/mol. The van der Waals surface area contributed by atoms with Crippen molar-refractivity contribution in [3.8, 4) is 0 Å². The molecule has 0 N–H and O–H groups in total. The zero-order valence-electron chi connectivity index (χ0n) is 10.7. The number of amides is 1. The van der Waals surface area contributed by atoms with Crippen LogP contribution in [0.3, 0.4) is 0 Å². The number of benzene rings is 1. The Labute approximate surface area is 116 Å². The van der Waals surface area contributed by atoms with E-state index in [1.807, 2.05) is 13.0 Å². The number of carbonyl (C=O) groups is 1. The van der Waals surface area contributed by atoms with Gasteiger partial charge in [0.15, 0.2) is 0 Å². The van der Waals surface area contributed by atoms with E-state index in [9.17, 15) is 9.18 Å². The number of rotatable bonds is 3. The van der Waals surface area contributed by atoms with Crippen LogP contribution >= 0.6 is 12.6 Å². The lowest BCUT2D eigenvalue weighted by atomic mass is 10.2. The van der Waals surface area contributed by atoms with E-state index in [1.165, 1.54) is 23.1 Å². The first kappa shape index (κ1) is 13.7. The van der Waals surface area contributed by atoms with E-state index in [-0.39, 0.29) is 5.56 Å². The number of thiol groups is 1. The Bertz CT molecular complexity index is 609. The molecule has 5 heteroatoms. The summed E-state index contributed by atoms with van der Waals surface area (Å²) in [4.78, 5) is 14.1. The Kier molecular flexibility index (Phi) is 3.95. The number of aryl methyl sites for hydroxylation is 1. The highest BCUT2D eigenvalue weighted by Crippen LogP contribution is 2.17. The number of halogens is 1. The quantitative estimate of drug-likeness (QED) is 0.875. The Morgan fingerprint density at radius 3 is 2.74 bits per heavy atom. The summed E-state index contributed by atoms with van der Waals surface area (Å²) in [6.45, 7) is 2.12. The van der Waals surface area contributed by atoms with Gasteiger partial charge < -0.3 is 9.32 Å². The van der Waals surface area contributed by atoms with Gasteiger partial charge >= 0.3 is 0 Å². The van der Waals surface area contributed by atoms with E-state index < -0.39 is 11.7 Å². The highest BCUT2D eigenvalue weighted by molar-refractivity contribution is 7.80. The number of carbonyl (C=O) groups excluding carboxylic acids is 1. The summed E-state index contributed by atoms with van der Waals surface area (Å²) in [7, 11) is 1.60. The van der Waals surface area contributed by atoms with Crippen LogP contribution in [-0.4, -0.2) is 17.9 Å². The molecule has 1 amide bonds. The minimum absolute atomic E-state index is 0.0123. The maximum Gasteiger partial charge on any atom is 0.257 e. The standard InChI is InChI=1S/C14H14FNO2S/c1-9-3-4-10(18-9)8-16(2)14(17)12-7-11(19)5-6-13(12)15/h3-7,19H,8H2,1-2H3. The lowest BCUT2D eigenvalue weighted by molar-refractivity contribution is 0.0770. The number of hydrogen-bond donors (Lipinski definition) is 1. The Balaban J connectivity index is 2.16. The molecule has 0 saturated carbocycles. The topological polar surface area (TPSA) is 33.5 Å². The summed E-state index contributed by atoms with van der Waals surface area (Å²) >= 11 is 4.11. The minimum atomic E-state index is -0.551. The second-order valence-electron chi connectivity index (χ2n) is 4.34. The molecule has 100 valence electrons. The van der Waals surface area contributed by atoms with Crippen molar-refractivity contribution >= 4 is 18.5 Å². The molecule has 0 aliphatic rings. The molecule has 0 bridgehead atoms. The van der Waals surface area contributed by atoms with Gasteiger partial charge in [0.05, 0.1) is 12.1 Å². The first-order chi connectivity index (χ1) is 8.97. The van der Waals surface area contributed by atoms with Crippen LogP contribution in [0.25, 0.3) is 0 Å². The fourth-order valence-corrected chi connectivity index (χ4v) is 1.96. The van der Waals surface area contributed by atoms with E-state index >= 15 is 0 Å². The van der Waals surface area contributed by atoms with Crippen molar-refractivity contribution in [2.24, 2.45) is 0 Å². The molecule has 0 spiro atoms. The van der Waals surface area contributed by atoms with Gasteiger partial charge in [0.25, 0.3) is 5.91 Å². The average molecular weight is 279 g/mol. The third-order valence-corrected chi connectivity index (χ3v) is 2.99. The third-order valence-electron chi connectivity index (χ3n) is 2.72. The van der Waals surface area contributed by atoms with Crippen molar-refractivity contribution in [1.82, 2.24) is 4.90 Å². The molecule has 1 aromatic carbocycles. The van der Waals surface area contributed by atoms with Gasteiger partial charge in [-0.1, -0.05) is 0 Å². The molecule has 2 rings (SSSR count). The van der Waals surface area contributed by atoms with Crippen molar-refractivity contribution in [2.45, 2.75) is 18.4 Å². The molecule has 3 nitrogen and oxygen atoms in total. The Morgan fingerprint density at radius 2 is 2.11 bits per heavy atom. The molecule has 19 heavy (non-hydrogen) atoms. The van der Waals surface area contributed by atoms with Crippen molar-refractivity contribution in [1.29, 1.82) is 0 Å². The second-order valence-corrected chi connectivity index (χ2v) is 4.85. The van der Waals surface area contributed by atoms with Crippen molar-refractivity contribution < 1.29 is 13.6 Å². The highest BCUT2D eigenvalue weighted by Gasteiger charge is 2.17. The molecule has 1 aromatic heterocycles. The molecule has 0 aliphatic carbocycles. The normalized spacial score (nSPS) is 10.5. The molecular weight excluding hydrogens is 265 g/mol. The smallest absolute Gasteiger partial charge is 0.257 e. The van der Waals surface area contributed by atoms with Gasteiger partial charge in [-0.25, -0.2) is 4.39 Å². The lowest BCUT2D eigenvalue weighted by Crippen LogP contribution is -2.26. The third kappa shape index (κ3) is 3.17. The largest absolute Gasteiger partial charge is 0.464 e. The van der Waals surface area contributed by atoms with E-state index in [0.717, 1.165) is 5.76 Å². The van der Waals surface area contributed by atoms with Crippen LogP contribution in [0.2, 0.25) is 0 Å². The molecular formula is C14H14FNO2S. The first-order valence-corrected chi connectivity index (χ1v) is 6.21. The van der Waals surface area contributed by atoms with Crippen molar-refractivity contribution in [3.05, 3.63) is 53.2 Å². The predicted octanol–water partition coefficient (Wildman–Crippen LogP) is 3.29. The van der Waals surface area contributed by atoms with Gasteiger partial charge in [-0.3, -0.25) is 4.79 Å². The zero-order valence-corrected chi connectivity index (χ0v) is 11.6. The second kappa shape index (κ2) is 5.48. The van der Waals surface area contributed by atoms with Gasteiger partial charge in [0.1, 0.15) is 17.3 Å².